The Morgan fingerprint density at radius 3 is 2.19 bits per heavy atom. The Hall–Kier alpha value is -5.97. The molecular weight excluding hydrogens is 699 g/mol. The number of carbonyl (C=O) groups excluding carboxylic acids is 4. The number of imide groups is 1. The van der Waals surface area contributed by atoms with Crippen LogP contribution in [0.1, 0.15) is 41.0 Å². The number of benzene rings is 4. The maximum Gasteiger partial charge on any atom is 0.573 e. The Morgan fingerprint density at radius 2 is 1.50 bits per heavy atom. The Kier molecular flexibility index (Phi) is 8.55. The number of hydrogen-bond donors (Lipinski definition) is 2. The number of amides is 2. The molecule has 2 fully saturated rings. The van der Waals surface area contributed by atoms with Crippen molar-refractivity contribution in [2.24, 2.45) is 23.7 Å². The van der Waals surface area contributed by atoms with Crippen molar-refractivity contribution in [2.45, 2.75) is 37.0 Å². The molecule has 1 saturated heterocycles. The van der Waals surface area contributed by atoms with E-state index in [-0.39, 0.29) is 48.0 Å². The van der Waals surface area contributed by atoms with E-state index in [4.69, 9.17) is 0 Å². The molecule has 4 aromatic carbocycles. The van der Waals surface area contributed by atoms with Gasteiger partial charge in [-0.05, 0) is 78.3 Å². The quantitative estimate of drug-likeness (QED) is 0.154. The average Bonchev–Trinajstić information content (AvgIpc) is 3.41. The Bertz CT molecular complexity index is 2230. The number of phenols is 2. The predicted octanol–water partition coefficient (Wildman–Crippen LogP) is 7.06. The molecule has 8 rings (SSSR count). The number of alkyl halides is 3. The van der Waals surface area contributed by atoms with Crippen LogP contribution in [0, 0.1) is 23.7 Å². The molecule has 3 aliphatic carbocycles. The van der Waals surface area contributed by atoms with Crippen molar-refractivity contribution in [3.8, 4) is 17.2 Å². The van der Waals surface area contributed by atoms with Crippen molar-refractivity contribution in [3.63, 3.8) is 0 Å². The molecule has 0 aromatic heterocycles. The van der Waals surface area contributed by atoms with E-state index in [1.54, 1.807) is 78.9 Å². The van der Waals surface area contributed by atoms with Crippen LogP contribution in [0.25, 0.3) is 5.57 Å². The first-order valence-electron chi connectivity index (χ1n) is 17.7. The number of Topliss-reactive ketones (excluding diaryl/α,β-unsaturated/α-hetero) is 1. The van der Waals surface area contributed by atoms with Gasteiger partial charge in [-0.15, -0.1) is 13.2 Å². The number of rotatable bonds is 7. The van der Waals surface area contributed by atoms with Gasteiger partial charge in [0.2, 0.25) is 11.8 Å². The zero-order valence-electron chi connectivity index (χ0n) is 28.7. The number of ether oxygens (including phenoxy) is 1. The lowest BCUT2D eigenvalue weighted by molar-refractivity contribution is -0.274. The van der Waals surface area contributed by atoms with Crippen molar-refractivity contribution in [3.05, 3.63) is 143 Å². The van der Waals surface area contributed by atoms with Gasteiger partial charge in [-0.3, -0.25) is 24.1 Å². The largest absolute Gasteiger partial charge is 0.573 e. The fraction of sp³-hybridized carbons (Fsp3) is 0.256. The van der Waals surface area contributed by atoms with Crippen LogP contribution in [-0.4, -0.2) is 51.4 Å². The first-order chi connectivity index (χ1) is 25.9. The van der Waals surface area contributed by atoms with E-state index in [1.807, 2.05) is 0 Å². The van der Waals surface area contributed by atoms with Gasteiger partial charge < -0.3 is 14.9 Å². The number of carbonyl (C=O) groups is 4. The van der Waals surface area contributed by atoms with Crippen LogP contribution < -0.4 is 4.74 Å². The van der Waals surface area contributed by atoms with Gasteiger partial charge in [-0.25, -0.2) is 0 Å². The highest BCUT2D eigenvalue weighted by atomic mass is 19.4. The van der Waals surface area contributed by atoms with Crippen LogP contribution in [-0.2, 0) is 31.0 Å². The SMILES string of the molecule is O=C1C(c2ccccc2)=CC(=O)[C@@]2(c3ccccc3)[C@@H](c3cc(OC(F)(F)F)ccc3O)C3=CC[C@@H]4C(=O)N(CCc5ccc(O)cc5)C(=O)[C@@H]4[C@@H]3C[C@@H]12. The number of ketones is 2. The highest BCUT2D eigenvalue weighted by Crippen LogP contribution is 2.64. The number of halogens is 3. The van der Waals surface area contributed by atoms with Crippen molar-refractivity contribution in [2.75, 3.05) is 6.54 Å². The maximum atomic E-state index is 15.1. The van der Waals surface area contributed by atoms with E-state index in [2.05, 4.69) is 4.74 Å². The summed E-state index contributed by atoms with van der Waals surface area (Å²) in [6.07, 6.45) is -1.56. The minimum absolute atomic E-state index is 0.00251. The summed E-state index contributed by atoms with van der Waals surface area (Å²) in [5, 5.41) is 21.2. The normalized spacial score (nSPS) is 26.4. The molecule has 274 valence electrons. The van der Waals surface area contributed by atoms with E-state index < -0.39 is 64.6 Å². The lowest BCUT2D eigenvalue weighted by Crippen LogP contribution is -2.58. The molecule has 1 aliphatic heterocycles. The number of hydrogen-bond acceptors (Lipinski definition) is 7. The second kappa shape index (κ2) is 13.2. The topological polar surface area (TPSA) is 121 Å². The molecule has 6 atom stereocenters. The summed E-state index contributed by atoms with van der Waals surface area (Å²) < 4.78 is 45.0. The number of phenolic OH excluding ortho intramolecular Hbond substituents is 2. The monoisotopic (exact) mass is 733 g/mol. The Balaban J connectivity index is 1.31. The van der Waals surface area contributed by atoms with E-state index in [9.17, 15) is 33.0 Å². The van der Waals surface area contributed by atoms with Crippen LogP contribution in [0.4, 0.5) is 13.2 Å². The summed E-state index contributed by atoms with van der Waals surface area (Å²) in [6.45, 7) is 0.0776. The molecule has 2 amide bonds. The standard InChI is InChI=1S/C43H34F3NO7/c44-43(45,46)54-28-15-18-35(49)33(21-28)38-29-16-17-30-37(41(53)47(40(30)52)20-19-24-11-13-27(48)14-12-24)32(29)22-34-39(51)31(25-7-3-1-4-8-25)23-36(50)42(34,38)26-9-5-2-6-10-26/h1-16,18,21,23,30,32,34,37-38,48-49H,17,19-20,22H2/t30-,32+,34-,37-,38+,42-/m0/s1. The van der Waals surface area contributed by atoms with Crippen molar-refractivity contribution in [1.29, 1.82) is 0 Å². The molecule has 1 saturated carbocycles. The average molecular weight is 734 g/mol. The lowest BCUT2D eigenvalue weighted by atomic mass is 9.44. The highest BCUT2D eigenvalue weighted by Gasteiger charge is 2.66. The molecule has 4 aliphatic rings. The Morgan fingerprint density at radius 1 is 0.815 bits per heavy atom. The van der Waals surface area contributed by atoms with E-state index >= 15 is 9.59 Å². The minimum Gasteiger partial charge on any atom is -0.508 e. The molecule has 0 radical (unpaired) electrons. The van der Waals surface area contributed by atoms with Crippen molar-refractivity contribution >= 4 is 29.0 Å². The van der Waals surface area contributed by atoms with Crippen molar-refractivity contribution in [1.82, 2.24) is 4.90 Å². The fourth-order valence-corrected chi connectivity index (χ4v) is 9.37. The number of aromatic hydroxyl groups is 2. The predicted molar refractivity (Wildman–Crippen MR) is 190 cm³/mol. The molecular formula is C43H34F3NO7. The second-order valence-electron chi connectivity index (χ2n) is 14.3. The number of fused-ring (bicyclic) bond motifs is 4. The zero-order valence-corrected chi connectivity index (χ0v) is 28.7. The maximum absolute atomic E-state index is 15.1. The zero-order chi connectivity index (χ0) is 37.9. The summed E-state index contributed by atoms with van der Waals surface area (Å²) in [5.74, 6) is -7.45. The van der Waals surface area contributed by atoms with Gasteiger partial charge in [-0.1, -0.05) is 84.4 Å². The number of nitrogens with zero attached hydrogens (tertiary/aromatic N) is 1. The third-order valence-electron chi connectivity index (χ3n) is 11.6. The summed E-state index contributed by atoms with van der Waals surface area (Å²) in [7, 11) is 0. The van der Waals surface area contributed by atoms with Gasteiger partial charge in [-0.2, -0.15) is 0 Å². The Labute approximate surface area is 308 Å². The molecule has 0 unspecified atom stereocenters. The third-order valence-corrected chi connectivity index (χ3v) is 11.6. The van der Waals surface area contributed by atoms with Gasteiger partial charge in [0.05, 0.1) is 17.3 Å². The smallest absolute Gasteiger partial charge is 0.508 e. The fourth-order valence-electron chi connectivity index (χ4n) is 9.37. The first-order valence-corrected chi connectivity index (χ1v) is 17.7. The minimum atomic E-state index is -5.06. The molecule has 0 spiro atoms. The van der Waals surface area contributed by atoms with E-state index in [0.29, 0.717) is 23.1 Å². The van der Waals surface area contributed by atoms with Crippen LogP contribution >= 0.6 is 0 Å². The van der Waals surface area contributed by atoms with Crippen LogP contribution in [0.3, 0.4) is 0 Å². The number of likely N-dealkylation sites (tertiary alicyclic amines) is 1. The first kappa shape index (κ1) is 35.1. The third kappa shape index (κ3) is 5.69. The summed E-state index contributed by atoms with van der Waals surface area (Å²) >= 11 is 0. The van der Waals surface area contributed by atoms with Crippen molar-refractivity contribution < 1.29 is 47.3 Å². The molecule has 54 heavy (non-hydrogen) atoms. The van der Waals surface area contributed by atoms with Crippen LogP contribution in [0.5, 0.6) is 17.2 Å². The molecule has 2 N–H and O–H groups in total. The summed E-state index contributed by atoms with van der Waals surface area (Å²) in [4.78, 5) is 59.7. The van der Waals surface area contributed by atoms with Gasteiger partial charge >= 0.3 is 6.36 Å². The number of allylic oxidation sites excluding steroid dienone is 4. The van der Waals surface area contributed by atoms with Gasteiger partial charge in [0.25, 0.3) is 0 Å². The van der Waals surface area contributed by atoms with Gasteiger partial charge in [0, 0.05) is 29.5 Å². The second-order valence-corrected chi connectivity index (χ2v) is 14.3. The molecule has 0 bridgehead atoms. The van der Waals surface area contributed by atoms with E-state index in [0.717, 1.165) is 23.8 Å². The molecule has 1 heterocycles. The summed E-state index contributed by atoms with van der Waals surface area (Å²) in [6, 6.07) is 26.7. The van der Waals surface area contributed by atoms with Gasteiger partial charge in [0.1, 0.15) is 17.2 Å². The summed E-state index contributed by atoms with van der Waals surface area (Å²) in [5.41, 5.74) is 0.578. The lowest BCUT2D eigenvalue weighted by Gasteiger charge is -2.55. The molecule has 4 aromatic rings. The van der Waals surface area contributed by atoms with Crippen LogP contribution in [0.15, 0.2) is 121 Å². The van der Waals surface area contributed by atoms with Crippen LogP contribution in [0.2, 0.25) is 0 Å². The molecule has 8 nitrogen and oxygen atoms in total. The molecule has 11 heteroatoms. The van der Waals surface area contributed by atoms with E-state index in [1.165, 1.54) is 23.1 Å². The van der Waals surface area contributed by atoms with Gasteiger partial charge in [0.15, 0.2) is 11.6 Å². The highest BCUT2D eigenvalue weighted by molar-refractivity contribution is 6.31.